The van der Waals surface area contributed by atoms with Crippen molar-refractivity contribution in [2.45, 2.75) is 19.9 Å². The third-order valence-electron chi connectivity index (χ3n) is 3.57. The topological polar surface area (TPSA) is 47.6 Å². The molecule has 23 heavy (non-hydrogen) atoms. The van der Waals surface area contributed by atoms with E-state index < -0.39 is 0 Å². The summed E-state index contributed by atoms with van der Waals surface area (Å²) in [6.45, 7) is 4.12. The third-order valence-corrected chi connectivity index (χ3v) is 3.57. The molecule has 2 aromatic carbocycles. The summed E-state index contributed by atoms with van der Waals surface area (Å²) in [5.41, 5.74) is 1.09. The lowest BCUT2D eigenvalue weighted by atomic mass is 9.96. The summed E-state index contributed by atoms with van der Waals surface area (Å²) in [6, 6.07) is 17.2. The second-order valence-corrected chi connectivity index (χ2v) is 5.64. The van der Waals surface area contributed by atoms with Crippen molar-refractivity contribution in [2.24, 2.45) is 5.92 Å². The van der Waals surface area contributed by atoms with Crippen molar-refractivity contribution >= 4 is 5.91 Å². The van der Waals surface area contributed by atoms with Crippen molar-refractivity contribution in [1.29, 1.82) is 0 Å². The van der Waals surface area contributed by atoms with Crippen LogP contribution in [0.15, 0.2) is 54.6 Å². The van der Waals surface area contributed by atoms with E-state index in [-0.39, 0.29) is 24.5 Å². The van der Waals surface area contributed by atoms with E-state index in [0.717, 1.165) is 5.56 Å². The average Bonchev–Trinajstić information content (AvgIpc) is 2.58. The molecule has 4 heteroatoms. The summed E-state index contributed by atoms with van der Waals surface area (Å²) >= 11 is 0. The van der Waals surface area contributed by atoms with Crippen LogP contribution in [0, 0.1) is 5.92 Å². The number of benzene rings is 2. The fraction of sp³-hybridized carbons (Fsp3) is 0.316. The molecule has 0 bridgehead atoms. The molecule has 1 amide bonds. The quantitative estimate of drug-likeness (QED) is 0.850. The minimum Gasteiger partial charge on any atom is -0.493 e. The van der Waals surface area contributed by atoms with Gasteiger partial charge in [-0.25, -0.2) is 0 Å². The lowest BCUT2D eigenvalue weighted by Gasteiger charge is -2.23. The number of hydrogen-bond acceptors (Lipinski definition) is 3. The molecule has 1 atom stereocenters. The molecule has 2 aromatic rings. The van der Waals surface area contributed by atoms with E-state index in [1.165, 1.54) is 0 Å². The summed E-state index contributed by atoms with van der Waals surface area (Å²) in [5, 5.41) is 3.04. The predicted octanol–water partition coefficient (Wildman–Crippen LogP) is 3.59. The maximum Gasteiger partial charge on any atom is 0.258 e. The molecular weight excluding hydrogens is 290 g/mol. The first-order valence-corrected chi connectivity index (χ1v) is 7.72. The highest BCUT2D eigenvalue weighted by Crippen LogP contribution is 2.26. The van der Waals surface area contributed by atoms with Gasteiger partial charge in [0.2, 0.25) is 0 Å². The van der Waals surface area contributed by atoms with E-state index in [0.29, 0.717) is 11.5 Å². The van der Waals surface area contributed by atoms with Crippen molar-refractivity contribution in [3.05, 3.63) is 60.2 Å². The molecule has 0 aliphatic rings. The van der Waals surface area contributed by atoms with Crippen molar-refractivity contribution in [3.8, 4) is 11.5 Å². The van der Waals surface area contributed by atoms with Gasteiger partial charge in [-0.2, -0.15) is 0 Å². The molecule has 122 valence electrons. The standard InChI is InChI=1S/C19H23NO3/c1-14(2)19(15-9-5-4-6-10-15)20-18(21)13-23-17-12-8-7-11-16(17)22-3/h4-12,14,19H,13H2,1-3H3,(H,20,21)/t19-/m1/s1. The van der Waals surface area contributed by atoms with E-state index in [2.05, 4.69) is 19.2 Å². The van der Waals surface area contributed by atoms with Crippen molar-refractivity contribution < 1.29 is 14.3 Å². The number of carbonyl (C=O) groups excluding carboxylic acids is 1. The fourth-order valence-electron chi connectivity index (χ4n) is 2.39. The lowest BCUT2D eigenvalue weighted by molar-refractivity contribution is -0.124. The molecule has 0 saturated carbocycles. The zero-order valence-corrected chi connectivity index (χ0v) is 13.8. The van der Waals surface area contributed by atoms with Gasteiger partial charge in [0.25, 0.3) is 5.91 Å². The van der Waals surface area contributed by atoms with Crippen LogP contribution in [-0.4, -0.2) is 19.6 Å². The summed E-state index contributed by atoms with van der Waals surface area (Å²) in [5.74, 6) is 1.31. The highest BCUT2D eigenvalue weighted by atomic mass is 16.5. The Hall–Kier alpha value is -2.49. The Bertz CT molecular complexity index is 626. The first-order chi connectivity index (χ1) is 11.1. The highest BCUT2D eigenvalue weighted by molar-refractivity contribution is 5.78. The zero-order chi connectivity index (χ0) is 16.7. The van der Waals surface area contributed by atoms with Gasteiger partial charge >= 0.3 is 0 Å². The minimum absolute atomic E-state index is 0.0371. The lowest BCUT2D eigenvalue weighted by Crippen LogP contribution is -2.35. The molecule has 0 aromatic heterocycles. The second kappa shape index (κ2) is 8.22. The minimum atomic E-state index is -0.154. The largest absolute Gasteiger partial charge is 0.493 e. The van der Waals surface area contributed by atoms with Crippen LogP contribution in [0.2, 0.25) is 0 Å². The third kappa shape index (κ3) is 4.74. The monoisotopic (exact) mass is 313 g/mol. The first-order valence-electron chi connectivity index (χ1n) is 7.72. The molecule has 0 spiro atoms. The van der Waals surface area contributed by atoms with Gasteiger partial charge < -0.3 is 14.8 Å². The molecule has 4 nitrogen and oxygen atoms in total. The number of amides is 1. The molecule has 1 N–H and O–H groups in total. The van der Waals surface area contributed by atoms with Crippen LogP contribution in [0.25, 0.3) is 0 Å². The fourth-order valence-corrected chi connectivity index (χ4v) is 2.39. The molecule has 0 saturated heterocycles. The van der Waals surface area contributed by atoms with Crippen LogP contribution in [0.3, 0.4) is 0 Å². The SMILES string of the molecule is COc1ccccc1OCC(=O)N[C@@H](c1ccccc1)C(C)C. The number of methoxy groups -OCH3 is 1. The van der Waals surface area contributed by atoms with Gasteiger partial charge in [0.15, 0.2) is 18.1 Å². The molecule has 0 fully saturated rings. The molecule has 0 unspecified atom stereocenters. The maximum atomic E-state index is 12.2. The summed E-state index contributed by atoms with van der Waals surface area (Å²) in [7, 11) is 1.58. The Morgan fingerprint density at radius 3 is 2.22 bits per heavy atom. The normalized spacial score (nSPS) is 11.8. The number of carbonyl (C=O) groups is 1. The van der Waals surface area contributed by atoms with Crippen LogP contribution in [0.4, 0.5) is 0 Å². The maximum absolute atomic E-state index is 12.2. The van der Waals surface area contributed by atoms with Gasteiger partial charge in [-0.15, -0.1) is 0 Å². The predicted molar refractivity (Wildman–Crippen MR) is 90.7 cm³/mol. The molecular formula is C19H23NO3. The van der Waals surface area contributed by atoms with E-state index in [1.54, 1.807) is 19.2 Å². The van der Waals surface area contributed by atoms with Gasteiger partial charge in [-0.3, -0.25) is 4.79 Å². The van der Waals surface area contributed by atoms with E-state index in [4.69, 9.17) is 9.47 Å². The number of nitrogens with one attached hydrogen (secondary N) is 1. The van der Waals surface area contributed by atoms with E-state index in [9.17, 15) is 4.79 Å². The van der Waals surface area contributed by atoms with Gasteiger partial charge in [0, 0.05) is 0 Å². The van der Waals surface area contributed by atoms with Crippen LogP contribution in [0.1, 0.15) is 25.5 Å². The van der Waals surface area contributed by atoms with Crippen LogP contribution < -0.4 is 14.8 Å². The first kappa shape index (κ1) is 16.9. The Morgan fingerprint density at radius 1 is 1.00 bits per heavy atom. The Balaban J connectivity index is 1.97. The molecule has 0 aliphatic heterocycles. The van der Waals surface area contributed by atoms with Crippen molar-refractivity contribution in [2.75, 3.05) is 13.7 Å². The smallest absolute Gasteiger partial charge is 0.258 e. The van der Waals surface area contributed by atoms with Crippen LogP contribution >= 0.6 is 0 Å². The van der Waals surface area contributed by atoms with Gasteiger partial charge in [-0.1, -0.05) is 56.3 Å². The summed E-state index contributed by atoms with van der Waals surface area (Å²) in [4.78, 5) is 12.2. The average molecular weight is 313 g/mol. The summed E-state index contributed by atoms with van der Waals surface area (Å²) in [6.07, 6.45) is 0. The van der Waals surface area contributed by atoms with Crippen molar-refractivity contribution in [3.63, 3.8) is 0 Å². The van der Waals surface area contributed by atoms with Crippen LogP contribution in [-0.2, 0) is 4.79 Å². The zero-order valence-electron chi connectivity index (χ0n) is 13.8. The number of rotatable bonds is 7. The number of ether oxygens (including phenoxy) is 2. The van der Waals surface area contributed by atoms with Gasteiger partial charge in [-0.05, 0) is 23.6 Å². The molecule has 0 radical (unpaired) electrons. The van der Waals surface area contributed by atoms with E-state index >= 15 is 0 Å². The number of hydrogen-bond donors (Lipinski definition) is 1. The summed E-state index contributed by atoms with van der Waals surface area (Å²) < 4.78 is 10.8. The van der Waals surface area contributed by atoms with Gasteiger partial charge in [0.05, 0.1) is 13.2 Å². The van der Waals surface area contributed by atoms with Gasteiger partial charge in [0.1, 0.15) is 0 Å². The Kier molecular flexibility index (Phi) is 6.03. The second-order valence-electron chi connectivity index (χ2n) is 5.64. The van der Waals surface area contributed by atoms with Crippen molar-refractivity contribution in [1.82, 2.24) is 5.32 Å². The highest BCUT2D eigenvalue weighted by Gasteiger charge is 2.18. The molecule has 2 rings (SSSR count). The number of para-hydroxylation sites is 2. The Labute approximate surface area is 137 Å². The molecule has 0 heterocycles. The molecule has 0 aliphatic carbocycles. The Morgan fingerprint density at radius 2 is 1.61 bits per heavy atom. The van der Waals surface area contributed by atoms with E-state index in [1.807, 2.05) is 42.5 Å². The van der Waals surface area contributed by atoms with Crippen LogP contribution in [0.5, 0.6) is 11.5 Å².